The molecule has 0 saturated carbocycles. The Labute approximate surface area is 91.5 Å². The molecule has 0 unspecified atom stereocenters. The van der Waals surface area contributed by atoms with E-state index in [1.807, 2.05) is 0 Å². The van der Waals surface area contributed by atoms with Gasteiger partial charge in [0.1, 0.15) is 0 Å². The molecule has 1 aromatic rings. The van der Waals surface area contributed by atoms with Crippen molar-refractivity contribution in [1.82, 2.24) is 4.90 Å². The Morgan fingerprint density at radius 2 is 1.79 bits per heavy atom. The number of piperidine rings is 1. The fourth-order valence-electron chi connectivity index (χ4n) is 2.13. The quantitative estimate of drug-likeness (QED) is 0.730. The fraction of sp³-hybridized carbons (Fsp3) is 0.500. The molecular formula is C12H17NS. The van der Waals surface area contributed by atoms with E-state index in [2.05, 4.69) is 47.9 Å². The van der Waals surface area contributed by atoms with E-state index in [4.69, 9.17) is 0 Å². The van der Waals surface area contributed by atoms with Crippen LogP contribution in [-0.4, -0.2) is 23.9 Å². The Bertz CT molecular complexity index is 265. The van der Waals surface area contributed by atoms with Crippen LogP contribution in [0.2, 0.25) is 0 Å². The first kappa shape index (κ1) is 10.1. The van der Waals surface area contributed by atoms with Gasteiger partial charge in [0.15, 0.2) is 0 Å². The lowest BCUT2D eigenvalue weighted by Gasteiger charge is -2.30. The van der Waals surface area contributed by atoms with E-state index in [0.29, 0.717) is 0 Å². The molecule has 0 N–H and O–H groups in total. The van der Waals surface area contributed by atoms with Gasteiger partial charge in [-0.15, -0.1) is 0 Å². The van der Waals surface area contributed by atoms with Crippen LogP contribution in [0.15, 0.2) is 30.3 Å². The highest BCUT2D eigenvalue weighted by Gasteiger charge is 2.18. The fourth-order valence-corrected chi connectivity index (χ4v) is 2.42. The molecule has 1 aliphatic rings. The van der Waals surface area contributed by atoms with Gasteiger partial charge in [0.2, 0.25) is 0 Å². The first-order chi connectivity index (χ1) is 6.90. The Morgan fingerprint density at radius 1 is 1.14 bits per heavy atom. The Kier molecular flexibility index (Phi) is 3.49. The maximum atomic E-state index is 4.31. The van der Waals surface area contributed by atoms with Crippen LogP contribution in [0.5, 0.6) is 0 Å². The largest absolute Gasteiger partial charge is 0.294 e. The average Bonchev–Trinajstić information content (AvgIpc) is 2.30. The Morgan fingerprint density at radius 3 is 2.36 bits per heavy atom. The second kappa shape index (κ2) is 4.85. The van der Waals surface area contributed by atoms with E-state index >= 15 is 0 Å². The molecule has 1 heterocycles. The van der Waals surface area contributed by atoms with E-state index in [-0.39, 0.29) is 0 Å². The number of nitrogens with zero attached hydrogens (tertiary/aromatic N) is 1. The molecule has 14 heavy (non-hydrogen) atoms. The van der Waals surface area contributed by atoms with E-state index in [9.17, 15) is 0 Å². The molecule has 0 atom stereocenters. The van der Waals surface area contributed by atoms with E-state index < -0.39 is 0 Å². The minimum absolute atomic E-state index is 0.771. The van der Waals surface area contributed by atoms with E-state index in [1.165, 1.54) is 31.5 Å². The lowest BCUT2D eigenvalue weighted by Crippen LogP contribution is -2.31. The van der Waals surface area contributed by atoms with Crippen molar-refractivity contribution in [2.45, 2.75) is 18.8 Å². The monoisotopic (exact) mass is 207 g/mol. The Hall–Kier alpha value is -0.470. The Balaban J connectivity index is 1.96. The summed E-state index contributed by atoms with van der Waals surface area (Å²) >= 11 is 4.31. The third-order valence-corrected chi connectivity index (χ3v) is 3.46. The summed E-state index contributed by atoms with van der Waals surface area (Å²) in [4.78, 5) is 2.41. The van der Waals surface area contributed by atoms with Gasteiger partial charge in [0.25, 0.3) is 0 Å². The van der Waals surface area contributed by atoms with Gasteiger partial charge in [-0.05, 0) is 37.4 Å². The van der Waals surface area contributed by atoms with Crippen LogP contribution in [0.1, 0.15) is 24.3 Å². The zero-order valence-electron chi connectivity index (χ0n) is 8.39. The second-order valence-corrected chi connectivity index (χ2v) is 4.23. The van der Waals surface area contributed by atoms with Crippen molar-refractivity contribution >= 4 is 12.6 Å². The highest BCUT2D eigenvalue weighted by atomic mass is 32.1. The molecule has 2 heteroatoms. The predicted molar refractivity (Wildman–Crippen MR) is 63.8 cm³/mol. The van der Waals surface area contributed by atoms with E-state index in [0.717, 1.165) is 11.8 Å². The number of thiol groups is 1. The molecule has 1 saturated heterocycles. The molecule has 1 nitrogen and oxygen atoms in total. The zero-order chi connectivity index (χ0) is 9.80. The minimum atomic E-state index is 0.771. The van der Waals surface area contributed by atoms with Gasteiger partial charge >= 0.3 is 0 Å². The van der Waals surface area contributed by atoms with Gasteiger partial charge < -0.3 is 0 Å². The van der Waals surface area contributed by atoms with Crippen molar-refractivity contribution in [2.75, 3.05) is 19.0 Å². The highest BCUT2D eigenvalue weighted by Crippen LogP contribution is 2.27. The van der Waals surface area contributed by atoms with Gasteiger partial charge in [-0.1, -0.05) is 30.3 Å². The second-order valence-electron chi connectivity index (χ2n) is 3.94. The van der Waals surface area contributed by atoms with Crippen LogP contribution in [0, 0.1) is 0 Å². The molecule has 1 fully saturated rings. The smallest absolute Gasteiger partial charge is 0.0414 e. The first-order valence-electron chi connectivity index (χ1n) is 5.28. The lowest BCUT2D eigenvalue weighted by atomic mass is 9.90. The van der Waals surface area contributed by atoms with Gasteiger partial charge in [-0.3, -0.25) is 4.90 Å². The number of hydrogen-bond acceptors (Lipinski definition) is 2. The number of likely N-dealkylation sites (tertiary alicyclic amines) is 1. The van der Waals surface area contributed by atoms with Crippen molar-refractivity contribution in [3.63, 3.8) is 0 Å². The van der Waals surface area contributed by atoms with Crippen molar-refractivity contribution in [3.05, 3.63) is 35.9 Å². The number of rotatable bonds is 2. The first-order valence-corrected chi connectivity index (χ1v) is 5.91. The molecule has 0 spiro atoms. The summed E-state index contributed by atoms with van der Waals surface area (Å²) in [7, 11) is 0. The minimum Gasteiger partial charge on any atom is -0.294 e. The van der Waals surface area contributed by atoms with Gasteiger partial charge in [0, 0.05) is 5.88 Å². The van der Waals surface area contributed by atoms with Crippen LogP contribution in [0.4, 0.5) is 0 Å². The normalized spacial score (nSPS) is 19.8. The lowest BCUT2D eigenvalue weighted by molar-refractivity contribution is 0.246. The SMILES string of the molecule is SCN1CCC(c2ccccc2)CC1. The van der Waals surface area contributed by atoms with Crippen LogP contribution < -0.4 is 0 Å². The third-order valence-electron chi connectivity index (χ3n) is 3.06. The van der Waals surface area contributed by atoms with Crippen molar-refractivity contribution in [2.24, 2.45) is 0 Å². The van der Waals surface area contributed by atoms with Crippen molar-refractivity contribution in [3.8, 4) is 0 Å². The van der Waals surface area contributed by atoms with E-state index in [1.54, 1.807) is 0 Å². The standard InChI is InChI=1S/C12H17NS/c14-10-13-8-6-12(7-9-13)11-4-2-1-3-5-11/h1-5,12,14H,6-10H2. The number of benzene rings is 1. The summed E-state index contributed by atoms with van der Waals surface area (Å²) < 4.78 is 0. The van der Waals surface area contributed by atoms with Crippen molar-refractivity contribution < 1.29 is 0 Å². The average molecular weight is 207 g/mol. The molecule has 2 rings (SSSR count). The summed E-state index contributed by atoms with van der Waals surface area (Å²) in [5, 5.41) is 0. The molecule has 1 aromatic carbocycles. The van der Waals surface area contributed by atoms with Gasteiger partial charge in [-0.2, -0.15) is 12.6 Å². The van der Waals surface area contributed by atoms with Crippen molar-refractivity contribution in [1.29, 1.82) is 0 Å². The summed E-state index contributed by atoms with van der Waals surface area (Å²) in [6, 6.07) is 10.9. The molecule has 0 amide bonds. The van der Waals surface area contributed by atoms with Crippen LogP contribution in [0.25, 0.3) is 0 Å². The van der Waals surface area contributed by atoms with Gasteiger partial charge in [-0.25, -0.2) is 0 Å². The highest BCUT2D eigenvalue weighted by molar-refractivity contribution is 7.80. The summed E-state index contributed by atoms with van der Waals surface area (Å²) in [6.45, 7) is 2.39. The number of hydrogen-bond donors (Lipinski definition) is 1. The third kappa shape index (κ3) is 2.31. The van der Waals surface area contributed by atoms with Crippen LogP contribution >= 0.6 is 12.6 Å². The molecule has 0 bridgehead atoms. The molecular weight excluding hydrogens is 190 g/mol. The predicted octanol–water partition coefficient (Wildman–Crippen LogP) is 2.75. The van der Waals surface area contributed by atoms with Gasteiger partial charge in [0.05, 0.1) is 0 Å². The topological polar surface area (TPSA) is 3.24 Å². The maximum Gasteiger partial charge on any atom is 0.0414 e. The summed E-state index contributed by atoms with van der Waals surface area (Å²) in [5.41, 5.74) is 1.51. The molecule has 0 aromatic heterocycles. The molecule has 0 radical (unpaired) electrons. The summed E-state index contributed by atoms with van der Waals surface area (Å²) in [5.74, 6) is 1.67. The molecule has 0 aliphatic carbocycles. The van der Waals surface area contributed by atoms with Crippen LogP contribution in [-0.2, 0) is 0 Å². The van der Waals surface area contributed by atoms with Crippen LogP contribution in [0.3, 0.4) is 0 Å². The summed E-state index contributed by atoms with van der Waals surface area (Å²) in [6.07, 6.45) is 2.56. The molecule has 76 valence electrons. The maximum absolute atomic E-state index is 4.31. The molecule has 1 aliphatic heterocycles. The zero-order valence-corrected chi connectivity index (χ0v) is 9.29.